The van der Waals surface area contributed by atoms with Gasteiger partial charge in [0, 0.05) is 16.4 Å². The van der Waals surface area contributed by atoms with Crippen LogP contribution in [-0.4, -0.2) is 28.8 Å². The number of halogens is 1. The average molecular weight is 342 g/mol. The molecule has 110 valence electrons. The molecule has 0 heterocycles. The largest absolute Gasteiger partial charge is 0.507 e. The van der Waals surface area contributed by atoms with Crippen molar-refractivity contribution < 1.29 is 15.0 Å². The molecule has 0 aliphatic heterocycles. The smallest absolute Gasteiger partial charge is 0.255 e. The van der Waals surface area contributed by atoms with Crippen molar-refractivity contribution in [3.05, 3.63) is 28.2 Å². The first-order valence-corrected chi connectivity index (χ1v) is 7.66. The number of aliphatic hydroxyl groups excluding tert-OH is 1. The van der Waals surface area contributed by atoms with E-state index in [4.69, 9.17) is 0 Å². The maximum absolute atomic E-state index is 12.1. The Hall–Kier alpha value is -1.07. The van der Waals surface area contributed by atoms with E-state index < -0.39 is 0 Å². The van der Waals surface area contributed by atoms with Gasteiger partial charge in [-0.3, -0.25) is 4.79 Å². The second-order valence-corrected chi connectivity index (χ2v) is 6.68. The number of carbonyl (C=O) groups excluding carboxylic acids is 1. The van der Waals surface area contributed by atoms with Gasteiger partial charge in [-0.2, -0.15) is 0 Å². The van der Waals surface area contributed by atoms with E-state index >= 15 is 0 Å². The summed E-state index contributed by atoms with van der Waals surface area (Å²) < 4.78 is 0.740. The van der Waals surface area contributed by atoms with Crippen molar-refractivity contribution in [3.63, 3.8) is 0 Å². The zero-order chi connectivity index (χ0) is 14.8. The maximum atomic E-state index is 12.1. The summed E-state index contributed by atoms with van der Waals surface area (Å²) in [5.74, 6) is -0.358. The van der Waals surface area contributed by atoms with E-state index in [1.807, 2.05) is 6.92 Å². The number of benzene rings is 1. The Morgan fingerprint density at radius 3 is 2.95 bits per heavy atom. The lowest BCUT2D eigenvalue weighted by Crippen LogP contribution is -2.45. The number of amides is 1. The summed E-state index contributed by atoms with van der Waals surface area (Å²) >= 11 is 3.28. The summed E-state index contributed by atoms with van der Waals surface area (Å²) in [4.78, 5) is 12.1. The normalized spacial score (nSPS) is 26.2. The minimum Gasteiger partial charge on any atom is -0.507 e. The van der Waals surface area contributed by atoms with Gasteiger partial charge >= 0.3 is 0 Å². The van der Waals surface area contributed by atoms with Crippen molar-refractivity contribution in [1.29, 1.82) is 0 Å². The third kappa shape index (κ3) is 3.33. The molecule has 1 saturated carbocycles. The van der Waals surface area contributed by atoms with E-state index in [1.54, 1.807) is 12.1 Å². The first kappa shape index (κ1) is 15.3. The third-order valence-electron chi connectivity index (χ3n) is 4.14. The quantitative estimate of drug-likeness (QED) is 0.791. The van der Waals surface area contributed by atoms with Crippen LogP contribution in [0.3, 0.4) is 0 Å². The molecule has 1 aromatic rings. The molecule has 2 atom stereocenters. The van der Waals surface area contributed by atoms with E-state index in [0.29, 0.717) is 6.54 Å². The Labute approximate surface area is 127 Å². The van der Waals surface area contributed by atoms with Crippen LogP contribution in [0, 0.1) is 5.41 Å². The molecule has 1 aliphatic carbocycles. The van der Waals surface area contributed by atoms with Gasteiger partial charge in [0.1, 0.15) is 5.75 Å². The number of hydrogen-bond acceptors (Lipinski definition) is 3. The number of aliphatic hydroxyl groups is 1. The van der Waals surface area contributed by atoms with Gasteiger partial charge in [0.2, 0.25) is 0 Å². The first-order chi connectivity index (χ1) is 9.42. The van der Waals surface area contributed by atoms with Gasteiger partial charge in [-0.15, -0.1) is 0 Å². The number of rotatable bonds is 3. The maximum Gasteiger partial charge on any atom is 0.255 e. The van der Waals surface area contributed by atoms with Gasteiger partial charge in [0.05, 0.1) is 11.7 Å². The van der Waals surface area contributed by atoms with Crippen LogP contribution in [-0.2, 0) is 0 Å². The zero-order valence-electron chi connectivity index (χ0n) is 11.5. The molecular weight excluding hydrogens is 322 g/mol. The van der Waals surface area contributed by atoms with E-state index in [-0.39, 0.29) is 28.7 Å². The number of hydrogen-bond donors (Lipinski definition) is 3. The molecule has 0 saturated heterocycles. The van der Waals surface area contributed by atoms with Crippen molar-refractivity contribution in [2.24, 2.45) is 5.41 Å². The Balaban J connectivity index is 2.03. The molecule has 0 unspecified atom stereocenters. The van der Waals surface area contributed by atoms with E-state index in [0.717, 1.165) is 30.2 Å². The third-order valence-corrected chi connectivity index (χ3v) is 4.63. The fourth-order valence-electron chi connectivity index (χ4n) is 2.66. The van der Waals surface area contributed by atoms with Crippen LogP contribution in [0.1, 0.15) is 43.0 Å². The molecule has 0 bridgehead atoms. The van der Waals surface area contributed by atoms with E-state index in [9.17, 15) is 15.0 Å². The molecule has 2 rings (SSSR count). The molecule has 1 fully saturated rings. The topological polar surface area (TPSA) is 69.6 Å². The average Bonchev–Trinajstić information content (AvgIpc) is 2.42. The van der Waals surface area contributed by atoms with Crippen molar-refractivity contribution in [2.45, 2.75) is 38.7 Å². The standard InChI is InChI=1S/C15H20BrNO3/c1-15(7-3-2-4-13(15)19)9-17-14(20)11-8-10(16)5-6-12(11)18/h5-6,8,13,18-19H,2-4,7,9H2,1H3,(H,17,20)/t13-,15+/m1/s1. The van der Waals surface area contributed by atoms with Crippen LogP contribution < -0.4 is 5.32 Å². The molecule has 3 N–H and O–H groups in total. The minimum atomic E-state index is -0.382. The Morgan fingerprint density at radius 2 is 2.25 bits per heavy atom. The van der Waals surface area contributed by atoms with Crippen molar-refractivity contribution >= 4 is 21.8 Å². The van der Waals surface area contributed by atoms with Gasteiger partial charge in [0.25, 0.3) is 5.91 Å². The Morgan fingerprint density at radius 1 is 1.50 bits per heavy atom. The highest BCUT2D eigenvalue weighted by Gasteiger charge is 2.35. The lowest BCUT2D eigenvalue weighted by atomic mass is 9.73. The van der Waals surface area contributed by atoms with Crippen LogP contribution in [0.15, 0.2) is 22.7 Å². The second kappa shape index (κ2) is 6.14. The summed E-state index contributed by atoms with van der Waals surface area (Å²) in [6, 6.07) is 4.75. The summed E-state index contributed by atoms with van der Waals surface area (Å²) in [6.45, 7) is 2.41. The van der Waals surface area contributed by atoms with E-state index in [2.05, 4.69) is 21.2 Å². The predicted octanol–water partition coefficient (Wildman–Crippen LogP) is 2.83. The Bertz CT molecular complexity index is 506. The summed E-state index contributed by atoms with van der Waals surface area (Å²) in [5.41, 5.74) is -0.0384. The van der Waals surface area contributed by atoms with Gasteiger partial charge < -0.3 is 15.5 Å². The van der Waals surface area contributed by atoms with Gasteiger partial charge in [-0.25, -0.2) is 0 Å². The monoisotopic (exact) mass is 341 g/mol. The molecule has 5 heteroatoms. The number of phenolic OH excluding ortho intramolecular Hbond substituents is 1. The van der Waals surface area contributed by atoms with Crippen molar-refractivity contribution in [3.8, 4) is 5.75 Å². The van der Waals surface area contributed by atoms with Crippen LogP contribution in [0.2, 0.25) is 0 Å². The van der Waals surface area contributed by atoms with Crippen LogP contribution in [0.5, 0.6) is 5.75 Å². The SMILES string of the molecule is C[C@@]1(CNC(=O)c2cc(Br)ccc2O)CCCC[C@H]1O. The highest BCUT2D eigenvalue weighted by molar-refractivity contribution is 9.10. The number of carbonyl (C=O) groups is 1. The Kier molecular flexibility index (Phi) is 4.70. The molecule has 1 amide bonds. The minimum absolute atomic E-state index is 0.0416. The van der Waals surface area contributed by atoms with Crippen LogP contribution in [0.4, 0.5) is 0 Å². The molecule has 0 radical (unpaired) electrons. The summed E-state index contributed by atoms with van der Waals surface area (Å²) in [6.07, 6.45) is 3.42. The molecular formula is C15H20BrNO3. The molecule has 0 aromatic heterocycles. The molecule has 1 aliphatic rings. The van der Waals surface area contributed by atoms with Crippen molar-refractivity contribution in [2.75, 3.05) is 6.54 Å². The van der Waals surface area contributed by atoms with Gasteiger partial charge in [0.15, 0.2) is 0 Å². The van der Waals surface area contributed by atoms with Crippen LogP contribution in [0.25, 0.3) is 0 Å². The second-order valence-electron chi connectivity index (χ2n) is 5.76. The molecule has 4 nitrogen and oxygen atoms in total. The lowest BCUT2D eigenvalue weighted by molar-refractivity contribution is 0.00189. The van der Waals surface area contributed by atoms with E-state index in [1.165, 1.54) is 6.07 Å². The van der Waals surface area contributed by atoms with Crippen molar-refractivity contribution in [1.82, 2.24) is 5.32 Å². The fourth-order valence-corrected chi connectivity index (χ4v) is 3.02. The summed E-state index contributed by atoms with van der Waals surface area (Å²) in [5, 5.41) is 22.7. The van der Waals surface area contributed by atoms with Gasteiger partial charge in [-0.1, -0.05) is 35.7 Å². The lowest BCUT2D eigenvalue weighted by Gasteiger charge is -2.38. The molecule has 1 aromatic carbocycles. The highest BCUT2D eigenvalue weighted by atomic mass is 79.9. The predicted molar refractivity (Wildman–Crippen MR) is 80.7 cm³/mol. The molecule has 20 heavy (non-hydrogen) atoms. The fraction of sp³-hybridized carbons (Fsp3) is 0.533. The molecule has 0 spiro atoms. The number of aromatic hydroxyl groups is 1. The van der Waals surface area contributed by atoms with Crippen LogP contribution >= 0.6 is 15.9 Å². The van der Waals surface area contributed by atoms with Gasteiger partial charge in [-0.05, 0) is 31.0 Å². The summed E-state index contributed by atoms with van der Waals surface area (Å²) in [7, 11) is 0. The highest BCUT2D eigenvalue weighted by Crippen LogP contribution is 2.35. The number of phenols is 1. The number of nitrogens with one attached hydrogen (secondary N) is 1. The first-order valence-electron chi connectivity index (χ1n) is 6.87. The zero-order valence-corrected chi connectivity index (χ0v) is 13.1.